The standard InChI is InChI=1S/C34H56N4O4/c1-7-19-16(3)24-12-25-17(4)21(9-10-31(41)42-6)33(37-25)22-11-30(40)32-18(5)26(38-34(22)32)13-28-20(8-2)23(15-39)29(36-28)14-27(19)35-24/h7,15-30,32-38,40H,1,8-14H2,2-6H3. The molecule has 8 nitrogen and oxygen atoms in total. The summed E-state index contributed by atoms with van der Waals surface area (Å²) in [5, 5.41) is 27.7. The summed E-state index contributed by atoms with van der Waals surface area (Å²) in [6.07, 6.45) is 9.06. The molecule has 6 fully saturated rings. The van der Waals surface area contributed by atoms with Crippen molar-refractivity contribution in [2.75, 3.05) is 7.11 Å². The Kier molecular flexibility index (Phi) is 8.94. The number of hydrogen-bond donors (Lipinski definition) is 5. The first-order valence-corrected chi connectivity index (χ1v) is 17.1. The van der Waals surface area contributed by atoms with Crippen LogP contribution in [0.4, 0.5) is 0 Å². The summed E-state index contributed by atoms with van der Waals surface area (Å²) in [5.41, 5.74) is 0. The Balaban J connectivity index is 1.35. The number of carbonyl (C=O) groups is 2. The average Bonchev–Trinajstić information content (AvgIpc) is 3.73. The Hall–Kier alpha value is -1.32. The zero-order valence-corrected chi connectivity index (χ0v) is 26.4. The number of esters is 1. The maximum Gasteiger partial charge on any atom is 0.305 e. The minimum Gasteiger partial charge on any atom is -0.469 e. The van der Waals surface area contributed by atoms with Gasteiger partial charge in [0.2, 0.25) is 0 Å². The molecular formula is C34H56N4O4. The first-order valence-electron chi connectivity index (χ1n) is 17.1. The number of carbonyl (C=O) groups excluding carboxylic acids is 2. The number of aliphatic hydroxyl groups excluding tert-OH is 1. The Labute approximate surface area is 252 Å². The molecule has 5 heterocycles. The largest absolute Gasteiger partial charge is 0.469 e. The van der Waals surface area contributed by atoms with E-state index in [9.17, 15) is 14.7 Å². The van der Waals surface area contributed by atoms with E-state index < -0.39 is 0 Å². The lowest BCUT2D eigenvalue weighted by molar-refractivity contribution is -0.141. The van der Waals surface area contributed by atoms with Gasteiger partial charge in [0.1, 0.15) is 6.29 Å². The molecule has 42 heavy (non-hydrogen) atoms. The van der Waals surface area contributed by atoms with E-state index in [1.807, 2.05) is 0 Å². The van der Waals surface area contributed by atoms with Gasteiger partial charge < -0.3 is 35.9 Å². The summed E-state index contributed by atoms with van der Waals surface area (Å²) in [5.74, 6) is 2.73. The van der Waals surface area contributed by atoms with E-state index in [4.69, 9.17) is 4.74 Å². The van der Waals surface area contributed by atoms with Gasteiger partial charge in [0.25, 0.3) is 0 Å². The Bertz CT molecular complexity index is 1010. The number of fused-ring (bicyclic) bond motifs is 8. The summed E-state index contributed by atoms with van der Waals surface area (Å²) in [6, 6.07) is 2.27. The predicted molar refractivity (Wildman–Crippen MR) is 164 cm³/mol. The number of aldehydes is 1. The lowest BCUT2D eigenvalue weighted by Gasteiger charge is -2.32. The molecule has 0 spiro atoms. The molecule has 1 saturated carbocycles. The molecule has 6 rings (SSSR count). The van der Waals surface area contributed by atoms with Gasteiger partial charge in [0.05, 0.1) is 13.2 Å². The molecule has 236 valence electrons. The summed E-state index contributed by atoms with van der Waals surface area (Å²) in [6.45, 7) is 13.5. The van der Waals surface area contributed by atoms with Gasteiger partial charge in [-0.2, -0.15) is 0 Å². The molecule has 1 aliphatic carbocycles. The fourth-order valence-electron chi connectivity index (χ4n) is 11.2. The summed E-state index contributed by atoms with van der Waals surface area (Å²) in [7, 11) is 1.48. The van der Waals surface area contributed by atoms with Gasteiger partial charge in [0.15, 0.2) is 0 Å². The third-order valence-electron chi connectivity index (χ3n) is 13.5. The van der Waals surface area contributed by atoms with E-state index in [2.05, 4.69) is 61.6 Å². The van der Waals surface area contributed by atoms with Gasteiger partial charge >= 0.3 is 5.97 Å². The van der Waals surface area contributed by atoms with Crippen LogP contribution in [0.15, 0.2) is 12.7 Å². The summed E-state index contributed by atoms with van der Waals surface area (Å²) >= 11 is 0. The zero-order valence-electron chi connectivity index (χ0n) is 26.4. The highest BCUT2D eigenvalue weighted by molar-refractivity contribution is 5.69. The normalized spacial score (nSPS) is 53.3. The number of aliphatic hydroxyl groups is 1. The monoisotopic (exact) mass is 584 g/mol. The third-order valence-corrected chi connectivity index (χ3v) is 13.5. The first kappa shape index (κ1) is 30.7. The van der Waals surface area contributed by atoms with Gasteiger partial charge in [-0.3, -0.25) is 4.79 Å². The number of hydrogen-bond acceptors (Lipinski definition) is 8. The SMILES string of the molecule is C=CC1C2CC3NC(CC4NC5C(CC(O)C5C4C)C4NC(CC(N2)C1C)C(C)C4CCC(=O)OC)C(CC)C3C=O. The zero-order chi connectivity index (χ0) is 29.9. The molecule has 0 amide bonds. The fraction of sp³-hybridized carbons (Fsp3) is 0.882. The number of rotatable bonds is 6. The minimum absolute atomic E-state index is 0.0279. The van der Waals surface area contributed by atoms with Crippen molar-refractivity contribution < 1.29 is 19.4 Å². The van der Waals surface area contributed by atoms with Crippen LogP contribution in [0.2, 0.25) is 0 Å². The van der Waals surface area contributed by atoms with Crippen LogP contribution in [-0.4, -0.2) is 78.9 Å². The lowest BCUT2D eigenvalue weighted by Crippen LogP contribution is -2.48. The van der Waals surface area contributed by atoms with Crippen molar-refractivity contribution >= 4 is 12.3 Å². The highest BCUT2D eigenvalue weighted by atomic mass is 16.5. The molecule has 5 aliphatic heterocycles. The average molecular weight is 585 g/mol. The van der Waals surface area contributed by atoms with Crippen LogP contribution >= 0.6 is 0 Å². The molecule has 5 saturated heterocycles. The van der Waals surface area contributed by atoms with Crippen LogP contribution < -0.4 is 21.3 Å². The summed E-state index contributed by atoms with van der Waals surface area (Å²) in [4.78, 5) is 24.8. The van der Waals surface area contributed by atoms with Crippen molar-refractivity contribution in [2.45, 2.75) is 127 Å². The molecule has 0 aromatic heterocycles. The minimum atomic E-state index is -0.316. The van der Waals surface area contributed by atoms with Gasteiger partial charge in [0, 0.05) is 66.6 Å². The molecule has 0 aromatic rings. The Morgan fingerprint density at radius 2 is 1.45 bits per heavy atom. The van der Waals surface area contributed by atoms with Crippen LogP contribution in [0, 0.1) is 53.3 Å². The maximum atomic E-state index is 12.5. The topological polar surface area (TPSA) is 112 Å². The van der Waals surface area contributed by atoms with E-state index >= 15 is 0 Å². The van der Waals surface area contributed by atoms with Crippen LogP contribution in [0.5, 0.6) is 0 Å². The Morgan fingerprint density at radius 3 is 2.14 bits per heavy atom. The highest BCUT2D eigenvalue weighted by Gasteiger charge is 2.58. The van der Waals surface area contributed by atoms with Crippen LogP contribution in [0.25, 0.3) is 0 Å². The van der Waals surface area contributed by atoms with Crippen molar-refractivity contribution in [3.8, 4) is 0 Å². The van der Waals surface area contributed by atoms with Crippen LogP contribution in [0.3, 0.4) is 0 Å². The van der Waals surface area contributed by atoms with Crippen molar-refractivity contribution in [3.05, 3.63) is 12.7 Å². The number of ether oxygens (including phenoxy) is 1. The number of methoxy groups -OCH3 is 1. The molecule has 5 N–H and O–H groups in total. The van der Waals surface area contributed by atoms with E-state index in [-0.39, 0.29) is 48.1 Å². The smallest absolute Gasteiger partial charge is 0.305 e. The third kappa shape index (κ3) is 5.11. The van der Waals surface area contributed by atoms with E-state index in [0.29, 0.717) is 72.0 Å². The molecular weight excluding hydrogens is 528 g/mol. The van der Waals surface area contributed by atoms with Gasteiger partial charge in [-0.1, -0.05) is 40.2 Å². The van der Waals surface area contributed by atoms with Crippen molar-refractivity contribution in [2.24, 2.45) is 53.3 Å². The second kappa shape index (κ2) is 12.2. The highest BCUT2D eigenvalue weighted by Crippen LogP contribution is 2.50. The molecule has 0 radical (unpaired) electrons. The number of nitrogens with one attached hydrogen (secondary N) is 4. The predicted octanol–water partition coefficient (Wildman–Crippen LogP) is 2.65. The molecule has 18 atom stereocenters. The molecule has 6 aliphatic rings. The second-order valence-electron chi connectivity index (χ2n) is 15.1. The van der Waals surface area contributed by atoms with E-state index in [1.165, 1.54) is 13.4 Å². The van der Waals surface area contributed by atoms with Gasteiger partial charge in [-0.25, -0.2) is 0 Å². The van der Waals surface area contributed by atoms with Crippen LogP contribution in [-0.2, 0) is 14.3 Å². The first-order chi connectivity index (χ1) is 20.2. The van der Waals surface area contributed by atoms with Gasteiger partial charge in [-0.05, 0) is 73.5 Å². The fourth-order valence-corrected chi connectivity index (χ4v) is 11.2. The molecule has 18 unspecified atom stereocenters. The molecule has 8 bridgehead atoms. The van der Waals surface area contributed by atoms with Gasteiger partial charge in [-0.15, -0.1) is 6.58 Å². The molecule has 8 heteroatoms. The van der Waals surface area contributed by atoms with Crippen molar-refractivity contribution in [1.29, 1.82) is 0 Å². The quantitative estimate of drug-likeness (QED) is 0.184. The van der Waals surface area contributed by atoms with E-state index in [0.717, 1.165) is 38.5 Å². The van der Waals surface area contributed by atoms with Crippen molar-refractivity contribution in [3.63, 3.8) is 0 Å². The second-order valence-corrected chi connectivity index (χ2v) is 15.1. The molecule has 0 aromatic carbocycles. The maximum absolute atomic E-state index is 12.5. The van der Waals surface area contributed by atoms with Crippen molar-refractivity contribution in [1.82, 2.24) is 21.3 Å². The van der Waals surface area contributed by atoms with E-state index in [1.54, 1.807) is 0 Å². The summed E-state index contributed by atoms with van der Waals surface area (Å²) < 4.78 is 5.05. The van der Waals surface area contributed by atoms with Crippen LogP contribution in [0.1, 0.15) is 72.6 Å². The Morgan fingerprint density at radius 1 is 0.833 bits per heavy atom. The lowest BCUT2D eigenvalue weighted by atomic mass is 9.76.